The number of halogens is 4. The van der Waals surface area contributed by atoms with Crippen molar-refractivity contribution in [2.75, 3.05) is 19.8 Å². The number of hydrogen-bond acceptors (Lipinski definition) is 9. The molecule has 4 N–H and O–H groups in total. The molecule has 0 saturated carbocycles. The minimum absolute atomic E-state index is 0.0257. The van der Waals surface area contributed by atoms with Gasteiger partial charge in [0, 0.05) is 36.7 Å². The molecule has 43 heavy (non-hydrogen) atoms. The molecule has 1 aliphatic rings. The van der Waals surface area contributed by atoms with E-state index < -0.39 is 36.3 Å². The summed E-state index contributed by atoms with van der Waals surface area (Å²) < 4.78 is 76.0. The number of rotatable bonds is 14. The molecule has 1 saturated heterocycles. The standard InChI is InChI=1S/C29H32F4N4O6/c1-16(34)26-25(27(39)36-14-18-5-7-19(30)13-20(18)31)37-28(43-26)17-6-8-23(42-29(32)33)24(12-17)41-22(4-2-3-10-38)21-15-40-11-9-35-21/h5-8,10,12-13,16,21-22,29,35H,2-4,9,11,14-15,34H2,1H3,(H,36,39). The first-order chi connectivity index (χ1) is 20.7. The number of benzene rings is 2. The van der Waals surface area contributed by atoms with Gasteiger partial charge in [-0.25, -0.2) is 13.8 Å². The summed E-state index contributed by atoms with van der Waals surface area (Å²) in [5.41, 5.74) is 6.17. The van der Waals surface area contributed by atoms with E-state index in [0.29, 0.717) is 45.1 Å². The SMILES string of the molecule is CC(N)c1oc(-c2ccc(OC(F)F)c(OC(CCCC=O)C3COCCN3)c2)nc1C(=O)NCc1ccc(F)cc1F. The van der Waals surface area contributed by atoms with Crippen molar-refractivity contribution < 1.29 is 45.8 Å². The van der Waals surface area contributed by atoms with E-state index in [9.17, 15) is 27.2 Å². The first-order valence-electron chi connectivity index (χ1n) is 13.6. The lowest BCUT2D eigenvalue weighted by Gasteiger charge is -2.32. The molecule has 0 radical (unpaired) electrons. The van der Waals surface area contributed by atoms with Crippen LogP contribution in [0.5, 0.6) is 11.5 Å². The van der Waals surface area contributed by atoms with Gasteiger partial charge in [-0.1, -0.05) is 6.07 Å². The van der Waals surface area contributed by atoms with Crippen LogP contribution < -0.4 is 25.8 Å². The molecule has 3 atom stereocenters. The molecule has 232 valence electrons. The number of nitrogens with zero attached hydrogens (tertiary/aromatic N) is 1. The molecule has 0 spiro atoms. The van der Waals surface area contributed by atoms with Crippen molar-refractivity contribution in [2.24, 2.45) is 5.73 Å². The van der Waals surface area contributed by atoms with Crippen LogP contribution in [-0.4, -0.2) is 55.7 Å². The van der Waals surface area contributed by atoms with Gasteiger partial charge in [-0.05, 0) is 44.0 Å². The van der Waals surface area contributed by atoms with E-state index in [1.165, 1.54) is 24.3 Å². The maximum Gasteiger partial charge on any atom is 0.387 e. The van der Waals surface area contributed by atoms with E-state index in [-0.39, 0.29) is 52.6 Å². The molecule has 10 nitrogen and oxygen atoms in total. The topological polar surface area (TPSA) is 138 Å². The molecule has 2 aromatic carbocycles. The van der Waals surface area contributed by atoms with Gasteiger partial charge in [-0.15, -0.1) is 0 Å². The average Bonchev–Trinajstić information content (AvgIpc) is 3.43. The summed E-state index contributed by atoms with van der Waals surface area (Å²) in [4.78, 5) is 28.2. The van der Waals surface area contributed by atoms with Crippen molar-refractivity contribution in [3.05, 3.63) is 65.1 Å². The number of carbonyl (C=O) groups is 2. The fourth-order valence-electron chi connectivity index (χ4n) is 4.51. The second kappa shape index (κ2) is 14.9. The van der Waals surface area contributed by atoms with E-state index in [2.05, 4.69) is 15.6 Å². The molecule has 0 aliphatic carbocycles. The molecular formula is C29H32F4N4O6. The number of ether oxygens (including phenoxy) is 3. The Morgan fingerprint density at radius 1 is 1.21 bits per heavy atom. The van der Waals surface area contributed by atoms with Crippen LogP contribution in [0.4, 0.5) is 17.6 Å². The minimum Gasteiger partial charge on any atom is -0.485 e. The first-order valence-corrected chi connectivity index (χ1v) is 13.6. The second-order valence-electron chi connectivity index (χ2n) is 9.87. The number of aldehydes is 1. The summed E-state index contributed by atoms with van der Waals surface area (Å²) in [6.07, 6.45) is 1.44. The zero-order chi connectivity index (χ0) is 30.9. The first kappa shape index (κ1) is 31.9. The lowest BCUT2D eigenvalue weighted by molar-refractivity contribution is -0.108. The molecule has 0 bridgehead atoms. The number of nitrogens with two attached hydrogens (primary N) is 1. The molecule has 1 amide bonds. The monoisotopic (exact) mass is 608 g/mol. The van der Waals surface area contributed by atoms with E-state index in [0.717, 1.165) is 12.4 Å². The summed E-state index contributed by atoms with van der Waals surface area (Å²) in [5, 5.41) is 5.79. The summed E-state index contributed by atoms with van der Waals surface area (Å²) in [6.45, 7) is -0.438. The summed E-state index contributed by atoms with van der Waals surface area (Å²) in [7, 11) is 0. The molecule has 1 aromatic heterocycles. The summed E-state index contributed by atoms with van der Waals surface area (Å²) >= 11 is 0. The van der Waals surface area contributed by atoms with Crippen LogP contribution in [0.15, 0.2) is 40.8 Å². The molecule has 1 aliphatic heterocycles. The van der Waals surface area contributed by atoms with Gasteiger partial charge in [0.05, 0.1) is 25.3 Å². The average molecular weight is 609 g/mol. The highest BCUT2D eigenvalue weighted by Gasteiger charge is 2.28. The fraction of sp³-hybridized carbons (Fsp3) is 0.414. The van der Waals surface area contributed by atoms with E-state index >= 15 is 0 Å². The Morgan fingerprint density at radius 3 is 2.70 bits per heavy atom. The van der Waals surface area contributed by atoms with E-state index in [1.807, 2.05) is 0 Å². The van der Waals surface area contributed by atoms with Crippen LogP contribution in [0.25, 0.3) is 11.5 Å². The Bertz CT molecular complexity index is 1400. The van der Waals surface area contributed by atoms with Crippen molar-refractivity contribution in [1.82, 2.24) is 15.6 Å². The Kier molecular flexibility index (Phi) is 11.1. The van der Waals surface area contributed by atoms with Crippen LogP contribution in [0, 0.1) is 11.6 Å². The Hall–Kier alpha value is -4.01. The van der Waals surface area contributed by atoms with Crippen molar-refractivity contribution >= 4 is 12.2 Å². The van der Waals surface area contributed by atoms with Crippen LogP contribution >= 0.6 is 0 Å². The van der Waals surface area contributed by atoms with Crippen molar-refractivity contribution in [3.8, 4) is 23.0 Å². The van der Waals surface area contributed by atoms with Crippen LogP contribution in [0.3, 0.4) is 0 Å². The number of hydrogen-bond donors (Lipinski definition) is 3. The lowest BCUT2D eigenvalue weighted by atomic mass is 10.0. The number of morpholine rings is 1. The molecular weight excluding hydrogens is 576 g/mol. The molecule has 3 aromatic rings. The Labute approximate surface area is 244 Å². The third-order valence-corrected chi connectivity index (χ3v) is 6.63. The third-order valence-electron chi connectivity index (χ3n) is 6.63. The predicted molar refractivity (Wildman–Crippen MR) is 146 cm³/mol. The minimum atomic E-state index is -3.13. The van der Waals surface area contributed by atoms with Crippen molar-refractivity contribution in [2.45, 2.75) is 57.5 Å². The maximum atomic E-state index is 14.0. The van der Waals surface area contributed by atoms with Gasteiger partial charge < -0.3 is 39.8 Å². The van der Waals surface area contributed by atoms with Gasteiger partial charge in [0.25, 0.3) is 5.91 Å². The Balaban J connectivity index is 1.62. The van der Waals surface area contributed by atoms with E-state index in [1.54, 1.807) is 6.92 Å². The second-order valence-corrected chi connectivity index (χ2v) is 9.87. The third kappa shape index (κ3) is 8.52. The highest BCUT2D eigenvalue weighted by molar-refractivity contribution is 5.94. The zero-order valence-electron chi connectivity index (χ0n) is 23.3. The number of nitrogens with one attached hydrogen (secondary N) is 2. The van der Waals surface area contributed by atoms with Gasteiger partial charge >= 0.3 is 6.61 Å². The van der Waals surface area contributed by atoms with Gasteiger partial charge in [0.1, 0.15) is 24.0 Å². The number of aromatic nitrogens is 1. The molecule has 14 heteroatoms. The number of oxazole rings is 1. The quantitative estimate of drug-likeness (QED) is 0.139. The van der Waals surface area contributed by atoms with Crippen molar-refractivity contribution in [1.29, 1.82) is 0 Å². The van der Waals surface area contributed by atoms with Gasteiger partial charge in [0.15, 0.2) is 23.0 Å². The van der Waals surface area contributed by atoms with Gasteiger partial charge in [-0.2, -0.15) is 8.78 Å². The summed E-state index contributed by atoms with van der Waals surface area (Å²) in [5.74, 6) is -2.62. The normalized spacial score (nSPS) is 16.5. The highest BCUT2D eigenvalue weighted by Crippen LogP contribution is 2.36. The molecule has 2 heterocycles. The summed E-state index contributed by atoms with van der Waals surface area (Å²) in [6, 6.07) is 5.97. The van der Waals surface area contributed by atoms with Crippen LogP contribution in [0.2, 0.25) is 0 Å². The highest BCUT2D eigenvalue weighted by atomic mass is 19.3. The Morgan fingerprint density at radius 2 is 2.02 bits per heavy atom. The zero-order valence-corrected chi connectivity index (χ0v) is 23.3. The lowest BCUT2D eigenvalue weighted by Crippen LogP contribution is -2.50. The fourth-order valence-corrected chi connectivity index (χ4v) is 4.51. The smallest absolute Gasteiger partial charge is 0.387 e. The van der Waals surface area contributed by atoms with Crippen LogP contribution in [0.1, 0.15) is 54.0 Å². The number of alkyl halides is 2. The number of unbranched alkanes of at least 4 members (excludes halogenated alkanes) is 1. The molecule has 1 fully saturated rings. The largest absolute Gasteiger partial charge is 0.485 e. The van der Waals surface area contributed by atoms with Crippen LogP contribution in [-0.2, 0) is 16.1 Å². The van der Waals surface area contributed by atoms with Gasteiger partial charge in [-0.3, -0.25) is 4.79 Å². The predicted octanol–water partition coefficient (Wildman–Crippen LogP) is 4.28. The molecule has 3 unspecified atom stereocenters. The van der Waals surface area contributed by atoms with E-state index in [4.69, 9.17) is 24.4 Å². The number of amides is 1. The number of carbonyl (C=O) groups excluding carboxylic acids is 2. The maximum absolute atomic E-state index is 14.0. The molecule has 4 rings (SSSR count). The van der Waals surface area contributed by atoms with Gasteiger partial charge in [0.2, 0.25) is 5.89 Å². The van der Waals surface area contributed by atoms with Crippen molar-refractivity contribution in [3.63, 3.8) is 0 Å².